The average molecular weight is 661 g/mol. The Kier molecular flexibility index (Phi) is 6.58. The molecule has 0 aliphatic rings. The Morgan fingerprint density at radius 2 is 0.942 bits per heavy atom. The van der Waals surface area contributed by atoms with Crippen molar-refractivity contribution >= 4 is 54.4 Å². The molecule has 0 spiro atoms. The lowest BCUT2D eigenvalue weighted by Gasteiger charge is -2.16. The highest BCUT2D eigenvalue weighted by atomic mass is 15.0. The maximum atomic E-state index is 10.7. The lowest BCUT2D eigenvalue weighted by molar-refractivity contribution is 1.12. The van der Waals surface area contributed by atoms with Gasteiger partial charge in [-0.05, 0) is 81.6 Å². The van der Waals surface area contributed by atoms with Crippen LogP contribution in [0.2, 0.25) is 0 Å². The van der Waals surface area contributed by atoms with Gasteiger partial charge >= 0.3 is 0 Å². The first-order valence-electron chi connectivity index (χ1n) is 17.3. The third-order valence-electron chi connectivity index (χ3n) is 10.4. The van der Waals surface area contributed by atoms with E-state index in [1.807, 2.05) is 18.2 Å². The van der Waals surface area contributed by atoms with Gasteiger partial charge in [-0.1, -0.05) is 121 Å². The predicted octanol–water partition coefficient (Wildman–Crippen LogP) is 12.1. The van der Waals surface area contributed by atoms with Crippen LogP contribution in [0.1, 0.15) is 11.1 Å². The van der Waals surface area contributed by atoms with E-state index in [1.165, 1.54) is 10.8 Å². The summed E-state index contributed by atoms with van der Waals surface area (Å²) < 4.78 is 4.40. The van der Waals surface area contributed by atoms with Crippen LogP contribution in [-0.2, 0) is 0 Å². The summed E-state index contributed by atoms with van der Waals surface area (Å²) in [5.74, 6) is 0. The maximum absolute atomic E-state index is 10.7. The number of hydrogen-bond donors (Lipinski definition) is 0. The molecule has 0 bridgehead atoms. The molecule has 0 N–H and O–H groups in total. The lowest BCUT2D eigenvalue weighted by atomic mass is 10.0. The van der Waals surface area contributed by atoms with Crippen molar-refractivity contribution in [2.24, 2.45) is 0 Å². The predicted molar refractivity (Wildman–Crippen MR) is 213 cm³/mol. The van der Waals surface area contributed by atoms with Gasteiger partial charge in [-0.25, -0.2) is 0 Å². The molecule has 0 amide bonds. The van der Waals surface area contributed by atoms with Crippen molar-refractivity contribution in [1.29, 1.82) is 10.5 Å². The number of aromatic nitrogens is 2. The van der Waals surface area contributed by atoms with E-state index in [4.69, 9.17) is 0 Å². The quantitative estimate of drug-likeness (QED) is 0.189. The third kappa shape index (κ3) is 4.39. The van der Waals surface area contributed by atoms with Gasteiger partial charge in [-0.3, -0.25) is 0 Å². The second-order valence-corrected chi connectivity index (χ2v) is 13.2. The van der Waals surface area contributed by atoms with E-state index in [9.17, 15) is 10.5 Å². The first kappa shape index (κ1) is 29.5. The fraction of sp³-hybridized carbons (Fsp3) is 0. The molecule has 2 heterocycles. The highest BCUT2D eigenvalue weighted by molar-refractivity contribution is 6.21. The highest BCUT2D eigenvalue weighted by Crippen LogP contribution is 2.41. The Morgan fingerprint density at radius 1 is 0.385 bits per heavy atom. The summed E-state index contributed by atoms with van der Waals surface area (Å²) in [6, 6.07) is 63.8. The number of rotatable bonds is 4. The molecular weight excluding hydrogens is 633 g/mol. The summed E-state index contributed by atoms with van der Waals surface area (Å²) in [6.07, 6.45) is 0. The van der Waals surface area contributed by atoms with Crippen molar-refractivity contribution in [1.82, 2.24) is 9.13 Å². The molecule has 0 radical (unpaired) electrons. The lowest BCUT2D eigenvalue weighted by Crippen LogP contribution is -2.04. The molecule has 240 valence electrons. The van der Waals surface area contributed by atoms with Crippen molar-refractivity contribution < 1.29 is 0 Å². The van der Waals surface area contributed by atoms with Crippen molar-refractivity contribution in [2.45, 2.75) is 0 Å². The summed E-state index contributed by atoms with van der Waals surface area (Å²) in [5.41, 5.74) is 10.7. The Bertz CT molecular complexity index is 3040. The monoisotopic (exact) mass is 660 g/mol. The minimum absolute atomic E-state index is 0.332. The van der Waals surface area contributed by atoms with Gasteiger partial charge in [0, 0.05) is 27.2 Å². The van der Waals surface area contributed by atoms with Crippen LogP contribution < -0.4 is 0 Å². The van der Waals surface area contributed by atoms with Crippen molar-refractivity contribution in [2.75, 3.05) is 0 Å². The molecule has 0 saturated carbocycles. The summed E-state index contributed by atoms with van der Waals surface area (Å²) >= 11 is 0. The van der Waals surface area contributed by atoms with Gasteiger partial charge in [0.15, 0.2) is 0 Å². The SMILES string of the molecule is N#Cc1cc(-n2c3ccccc3c3c4ccccc4ccc32)cc(-n2c3ccc(-c4ccccc4)cc3c3cc(-c4ccccc4)ccc32)c1C#N. The summed E-state index contributed by atoms with van der Waals surface area (Å²) in [5, 5.41) is 28.1. The van der Waals surface area contributed by atoms with Gasteiger partial charge in [0.05, 0.1) is 38.9 Å². The molecule has 10 rings (SSSR count). The van der Waals surface area contributed by atoms with E-state index in [0.29, 0.717) is 16.8 Å². The van der Waals surface area contributed by atoms with Crippen LogP contribution in [0.3, 0.4) is 0 Å². The maximum Gasteiger partial charge on any atom is 0.103 e. The number of hydrogen-bond acceptors (Lipinski definition) is 2. The van der Waals surface area contributed by atoms with E-state index >= 15 is 0 Å². The molecule has 0 saturated heterocycles. The van der Waals surface area contributed by atoms with Crippen LogP contribution in [0.25, 0.3) is 88.0 Å². The molecule has 4 nitrogen and oxygen atoms in total. The van der Waals surface area contributed by atoms with Gasteiger partial charge in [0.1, 0.15) is 12.1 Å². The molecule has 0 aliphatic heterocycles. The largest absolute Gasteiger partial charge is 0.309 e. The smallest absolute Gasteiger partial charge is 0.103 e. The topological polar surface area (TPSA) is 57.4 Å². The molecule has 8 aromatic carbocycles. The van der Waals surface area contributed by atoms with Gasteiger partial charge < -0.3 is 9.13 Å². The summed E-state index contributed by atoms with van der Waals surface area (Å²) in [4.78, 5) is 0. The van der Waals surface area contributed by atoms with Crippen LogP contribution in [-0.4, -0.2) is 9.13 Å². The van der Waals surface area contributed by atoms with E-state index in [1.54, 1.807) is 0 Å². The van der Waals surface area contributed by atoms with Crippen LogP contribution in [0.15, 0.2) is 170 Å². The minimum Gasteiger partial charge on any atom is -0.309 e. The minimum atomic E-state index is 0.332. The first-order valence-corrected chi connectivity index (χ1v) is 17.3. The Balaban J connectivity index is 1.30. The van der Waals surface area contributed by atoms with Crippen molar-refractivity contribution in [3.8, 4) is 45.8 Å². The Labute approximate surface area is 299 Å². The molecular formula is C48H28N4. The second-order valence-electron chi connectivity index (χ2n) is 13.2. The normalized spacial score (nSPS) is 11.4. The van der Waals surface area contributed by atoms with Gasteiger partial charge in [-0.15, -0.1) is 0 Å². The standard InChI is InChI=1S/C48H28N4/c49-29-36-25-37(51-43-18-10-9-17-39(43)48-38-16-8-7-15-33(38)19-24-46(48)51)28-47(42(36)30-50)52-44-22-20-34(31-11-3-1-4-12-31)26-40(44)41-27-35(21-23-45(41)52)32-13-5-2-6-14-32/h1-28H. The van der Waals surface area contributed by atoms with Gasteiger partial charge in [0.25, 0.3) is 0 Å². The molecule has 2 aromatic heterocycles. The third-order valence-corrected chi connectivity index (χ3v) is 10.4. The van der Waals surface area contributed by atoms with Crippen molar-refractivity contribution in [3.63, 3.8) is 0 Å². The zero-order valence-corrected chi connectivity index (χ0v) is 28.0. The van der Waals surface area contributed by atoms with Crippen LogP contribution in [0.4, 0.5) is 0 Å². The van der Waals surface area contributed by atoms with E-state index in [0.717, 1.165) is 71.6 Å². The number of nitrogens with zero attached hydrogens (tertiary/aromatic N) is 4. The molecule has 10 aromatic rings. The van der Waals surface area contributed by atoms with Gasteiger partial charge in [-0.2, -0.15) is 10.5 Å². The van der Waals surface area contributed by atoms with Crippen LogP contribution in [0.5, 0.6) is 0 Å². The zero-order valence-electron chi connectivity index (χ0n) is 28.0. The number of benzene rings is 8. The molecule has 0 atom stereocenters. The molecule has 0 aliphatic carbocycles. The van der Waals surface area contributed by atoms with Gasteiger partial charge in [0.2, 0.25) is 0 Å². The molecule has 0 fully saturated rings. The number of fused-ring (bicyclic) bond motifs is 8. The Hall–Kier alpha value is -7.40. The number of para-hydroxylation sites is 1. The highest BCUT2D eigenvalue weighted by Gasteiger charge is 2.22. The van der Waals surface area contributed by atoms with E-state index < -0.39 is 0 Å². The fourth-order valence-corrected chi connectivity index (χ4v) is 8.04. The number of nitriles is 2. The van der Waals surface area contributed by atoms with E-state index in [2.05, 4.69) is 173 Å². The first-order chi connectivity index (χ1) is 25.7. The Morgan fingerprint density at radius 3 is 1.58 bits per heavy atom. The molecule has 0 unspecified atom stereocenters. The summed E-state index contributed by atoms with van der Waals surface area (Å²) in [7, 11) is 0. The van der Waals surface area contributed by atoms with Crippen molar-refractivity contribution in [3.05, 3.63) is 181 Å². The fourth-order valence-electron chi connectivity index (χ4n) is 8.04. The second kappa shape index (κ2) is 11.6. The average Bonchev–Trinajstić information content (AvgIpc) is 3.73. The van der Waals surface area contributed by atoms with Crippen LogP contribution >= 0.6 is 0 Å². The van der Waals surface area contributed by atoms with E-state index in [-0.39, 0.29) is 0 Å². The van der Waals surface area contributed by atoms with Crippen LogP contribution in [0, 0.1) is 22.7 Å². The summed E-state index contributed by atoms with van der Waals surface area (Å²) in [6.45, 7) is 0. The zero-order chi connectivity index (χ0) is 34.8. The molecule has 52 heavy (non-hydrogen) atoms. The molecule has 4 heteroatoms.